The summed E-state index contributed by atoms with van der Waals surface area (Å²) in [5.74, 6) is 0.901. The molecule has 0 aromatic heterocycles. The summed E-state index contributed by atoms with van der Waals surface area (Å²) in [5.41, 5.74) is 0. The van der Waals surface area contributed by atoms with E-state index >= 15 is 0 Å². The highest BCUT2D eigenvalue weighted by molar-refractivity contribution is 7.99. The Balaban J connectivity index is 2.28. The van der Waals surface area contributed by atoms with Crippen molar-refractivity contribution in [2.24, 2.45) is 4.99 Å². The van der Waals surface area contributed by atoms with Gasteiger partial charge < -0.3 is 10.6 Å². The average molecular weight is 286 g/mol. The van der Waals surface area contributed by atoms with Crippen LogP contribution in [0.1, 0.15) is 33.6 Å². The molecule has 1 atom stereocenters. The van der Waals surface area contributed by atoms with Crippen LogP contribution in [0.15, 0.2) is 4.99 Å². The van der Waals surface area contributed by atoms with Crippen molar-refractivity contribution < 1.29 is 0 Å². The Bertz CT molecular complexity index is 300. The summed E-state index contributed by atoms with van der Waals surface area (Å²) in [6, 6.07) is 1.35. The van der Waals surface area contributed by atoms with Crippen LogP contribution in [0, 0.1) is 0 Å². The molecule has 0 aromatic rings. The number of aliphatic imine (C=N–C) groups is 1. The van der Waals surface area contributed by atoms with Gasteiger partial charge in [0.15, 0.2) is 5.96 Å². The summed E-state index contributed by atoms with van der Waals surface area (Å²) in [6.45, 7) is 8.60. The van der Waals surface area contributed by atoms with E-state index in [4.69, 9.17) is 0 Å². The molecule has 1 saturated carbocycles. The maximum Gasteiger partial charge on any atom is 0.191 e. The molecule has 1 aliphatic carbocycles. The molecule has 2 N–H and O–H groups in total. The molecule has 1 rings (SSSR count). The number of nitrogens with zero attached hydrogens (tertiary/aromatic N) is 2. The largest absolute Gasteiger partial charge is 0.355 e. The fourth-order valence-corrected chi connectivity index (χ4v) is 2.04. The first kappa shape index (κ1) is 16.6. The van der Waals surface area contributed by atoms with Crippen LogP contribution < -0.4 is 10.6 Å². The van der Waals surface area contributed by atoms with Gasteiger partial charge in [0.05, 0.1) is 0 Å². The number of rotatable bonds is 7. The lowest BCUT2D eigenvalue weighted by Gasteiger charge is -2.27. The Hall–Kier alpha value is -0.420. The molecule has 5 heteroatoms. The summed E-state index contributed by atoms with van der Waals surface area (Å²) in [7, 11) is 4.05. The molecule has 1 fully saturated rings. The van der Waals surface area contributed by atoms with E-state index in [0.717, 1.165) is 25.1 Å². The zero-order chi connectivity index (χ0) is 14.5. The summed E-state index contributed by atoms with van der Waals surface area (Å²) in [6.07, 6.45) is 4.86. The van der Waals surface area contributed by atoms with Gasteiger partial charge in [-0.15, -0.1) is 0 Å². The predicted octanol–water partition coefficient (Wildman–Crippen LogP) is 1.78. The van der Waals surface area contributed by atoms with Crippen LogP contribution in [0.3, 0.4) is 0 Å². The van der Waals surface area contributed by atoms with Crippen molar-refractivity contribution in [3.05, 3.63) is 0 Å². The standard InChI is InChI=1S/C14H30N4S/c1-11(18(5)12-7-8-12)9-16-13(15-4)17-10-14(2,3)19-6/h11-12H,7-10H2,1-6H3,(H2,15,16,17). The summed E-state index contributed by atoms with van der Waals surface area (Å²) < 4.78 is 0.230. The molecule has 19 heavy (non-hydrogen) atoms. The van der Waals surface area contributed by atoms with Crippen LogP contribution in [0.5, 0.6) is 0 Å². The highest BCUT2D eigenvalue weighted by Crippen LogP contribution is 2.26. The smallest absolute Gasteiger partial charge is 0.191 e. The van der Waals surface area contributed by atoms with Gasteiger partial charge in [-0.3, -0.25) is 9.89 Å². The number of hydrogen-bond donors (Lipinski definition) is 2. The van der Waals surface area contributed by atoms with E-state index < -0.39 is 0 Å². The third-order valence-electron chi connectivity index (χ3n) is 3.84. The molecule has 1 unspecified atom stereocenters. The van der Waals surface area contributed by atoms with Gasteiger partial charge in [-0.1, -0.05) is 0 Å². The van der Waals surface area contributed by atoms with Crippen LogP contribution >= 0.6 is 11.8 Å². The summed E-state index contributed by atoms with van der Waals surface area (Å²) >= 11 is 1.87. The van der Waals surface area contributed by atoms with Crippen molar-refractivity contribution >= 4 is 17.7 Å². The topological polar surface area (TPSA) is 39.7 Å². The molecule has 0 aromatic carbocycles. The van der Waals surface area contributed by atoms with Gasteiger partial charge in [0.2, 0.25) is 0 Å². The van der Waals surface area contributed by atoms with Gasteiger partial charge in [-0.2, -0.15) is 11.8 Å². The number of guanidine groups is 1. The highest BCUT2D eigenvalue weighted by atomic mass is 32.2. The zero-order valence-corrected chi connectivity index (χ0v) is 14.1. The first-order valence-electron chi connectivity index (χ1n) is 7.11. The van der Waals surface area contributed by atoms with Crippen molar-refractivity contribution in [3.8, 4) is 0 Å². The molecule has 0 radical (unpaired) electrons. The van der Waals surface area contributed by atoms with E-state index in [0.29, 0.717) is 6.04 Å². The van der Waals surface area contributed by atoms with E-state index in [1.165, 1.54) is 12.8 Å². The highest BCUT2D eigenvalue weighted by Gasteiger charge is 2.29. The fourth-order valence-electron chi connectivity index (χ4n) is 1.82. The van der Waals surface area contributed by atoms with Crippen LogP contribution in [-0.2, 0) is 0 Å². The quantitative estimate of drug-likeness (QED) is 0.553. The van der Waals surface area contributed by atoms with Crippen LogP contribution in [0.25, 0.3) is 0 Å². The van der Waals surface area contributed by atoms with Gasteiger partial charge in [-0.05, 0) is 46.9 Å². The molecule has 112 valence electrons. The Morgan fingerprint density at radius 2 is 2.05 bits per heavy atom. The van der Waals surface area contributed by atoms with Crippen LogP contribution in [-0.4, -0.2) is 61.1 Å². The summed E-state index contributed by atoms with van der Waals surface area (Å²) in [4.78, 5) is 6.75. The third kappa shape index (κ3) is 6.04. The molecule has 0 aliphatic heterocycles. The van der Waals surface area contributed by atoms with Gasteiger partial charge >= 0.3 is 0 Å². The third-order valence-corrected chi connectivity index (χ3v) is 5.09. The second-order valence-electron chi connectivity index (χ2n) is 6.02. The van der Waals surface area contributed by atoms with Gasteiger partial charge in [-0.25, -0.2) is 0 Å². The molecule has 4 nitrogen and oxygen atoms in total. The normalized spacial score (nSPS) is 18.6. The zero-order valence-electron chi connectivity index (χ0n) is 13.3. The molecule has 1 aliphatic rings. The van der Waals surface area contributed by atoms with Gasteiger partial charge in [0, 0.05) is 37.0 Å². The number of hydrogen-bond acceptors (Lipinski definition) is 3. The SMILES string of the molecule is CN=C(NCC(C)N(C)C1CC1)NCC(C)(C)SC. The number of thioether (sulfide) groups is 1. The van der Waals surface area contributed by atoms with Crippen LogP contribution in [0.4, 0.5) is 0 Å². The Morgan fingerprint density at radius 1 is 1.42 bits per heavy atom. The minimum Gasteiger partial charge on any atom is -0.355 e. The lowest BCUT2D eigenvalue weighted by atomic mass is 10.2. The lowest BCUT2D eigenvalue weighted by molar-refractivity contribution is 0.247. The monoisotopic (exact) mass is 286 g/mol. The predicted molar refractivity (Wildman–Crippen MR) is 87.2 cm³/mol. The molecule has 0 amide bonds. The molecular formula is C14H30N4S. The Labute approximate surface area is 122 Å². The first-order valence-corrected chi connectivity index (χ1v) is 8.33. The molecule has 0 saturated heterocycles. The van der Waals surface area contributed by atoms with Gasteiger partial charge in [0.1, 0.15) is 0 Å². The van der Waals surface area contributed by atoms with Crippen molar-refractivity contribution in [2.75, 3.05) is 33.4 Å². The summed E-state index contributed by atoms with van der Waals surface area (Å²) in [5, 5.41) is 6.82. The van der Waals surface area contributed by atoms with E-state index in [-0.39, 0.29) is 4.75 Å². The van der Waals surface area contributed by atoms with Crippen molar-refractivity contribution in [1.29, 1.82) is 0 Å². The Morgan fingerprint density at radius 3 is 2.53 bits per heavy atom. The Kier molecular flexibility index (Phi) is 6.47. The average Bonchev–Trinajstić information content (AvgIpc) is 3.22. The fraction of sp³-hybridized carbons (Fsp3) is 0.929. The molecule has 0 heterocycles. The minimum atomic E-state index is 0.230. The lowest BCUT2D eigenvalue weighted by Crippen LogP contribution is -2.47. The maximum absolute atomic E-state index is 4.28. The van der Waals surface area contributed by atoms with E-state index in [2.05, 4.69) is 54.6 Å². The second-order valence-corrected chi connectivity index (χ2v) is 7.53. The van der Waals surface area contributed by atoms with Crippen molar-refractivity contribution in [3.63, 3.8) is 0 Å². The van der Waals surface area contributed by atoms with Gasteiger partial charge in [0.25, 0.3) is 0 Å². The second kappa shape index (κ2) is 7.39. The van der Waals surface area contributed by atoms with Crippen molar-refractivity contribution in [2.45, 2.75) is 50.4 Å². The molecular weight excluding hydrogens is 256 g/mol. The van der Waals surface area contributed by atoms with E-state index in [9.17, 15) is 0 Å². The molecule has 0 bridgehead atoms. The number of likely N-dealkylation sites (N-methyl/N-ethyl adjacent to an activating group) is 1. The minimum absolute atomic E-state index is 0.230. The van der Waals surface area contributed by atoms with E-state index in [1.54, 1.807) is 0 Å². The van der Waals surface area contributed by atoms with Crippen molar-refractivity contribution in [1.82, 2.24) is 15.5 Å². The van der Waals surface area contributed by atoms with Crippen LogP contribution in [0.2, 0.25) is 0 Å². The maximum atomic E-state index is 4.28. The first-order chi connectivity index (χ1) is 8.89. The number of nitrogens with one attached hydrogen (secondary N) is 2. The molecule has 0 spiro atoms. The van der Waals surface area contributed by atoms with E-state index in [1.807, 2.05) is 18.8 Å².